The Kier molecular flexibility index (Phi) is 4.47. The highest BCUT2D eigenvalue weighted by molar-refractivity contribution is 5.86. The molecule has 0 heterocycles. The zero-order valence-corrected chi connectivity index (χ0v) is 13.9. The highest BCUT2D eigenvalue weighted by atomic mass is 14.2. The Labute approximate surface area is 134 Å². The van der Waals surface area contributed by atoms with Crippen LogP contribution in [-0.4, -0.2) is 0 Å². The SMILES string of the molecule is CCCC1=Cc2c(ccc(CC)c2-c2ccccc2CC)[CH]1. The lowest BCUT2D eigenvalue weighted by Crippen LogP contribution is -1.96. The molecule has 0 fully saturated rings. The molecule has 0 aromatic heterocycles. The van der Waals surface area contributed by atoms with Gasteiger partial charge in [0.15, 0.2) is 0 Å². The zero-order valence-electron chi connectivity index (χ0n) is 13.9. The lowest BCUT2D eigenvalue weighted by molar-refractivity contribution is 0.924. The summed E-state index contributed by atoms with van der Waals surface area (Å²) in [5, 5.41) is 0. The maximum atomic E-state index is 2.42. The van der Waals surface area contributed by atoms with Crippen molar-refractivity contribution >= 4 is 6.08 Å². The van der Waals surface area contributed by atoms with Crippen LogP contribution >= 0.6 is 0 Å². The van der Waals surface area contributed by atoms with E-state index in [1.807, 2.05) is 0 Å². The van der Waals surface area contributed by atoms with E-state index >= 15 is 0 Å². The lowest BCUT2D eigenvalue weighted by atomic mass is 9.88. The van der Waals surface area contributed by atoms with Crippen molar-refractivity contribution in [2.75, 3.05) is 0 Å². The quantitative estimate of drug-likeness (QED) is 0.612. The van der Waals surface area contributed by atoms with Gasteiger partial charge in [0.2, 0.25) is 0 Å². The molecule has 0 amide bonds. The number of aryl methyl sites for hydroxylation is 2. The van der Waals surface area contributed by atoms with Gasteiger partial charge in [-0.15, -0.1) is 0 Å². The number of allylic oxidation sites excluding steroid dienone is 1. The van der Waals surface area contributed by atoms with Crippen molar-refractivity contribution in [2.24, 2.45) is 0 Å². The van der Waals surface area contributed by atoms with E-state index in [1.165, 1.54) is 51.8 Å². The monoisotopic (exact) mass is 289 g/mol. The van der Waals surface area contributed by atoms with Gasteiger partial charge >= 0.3 is 0 Å². The predicted molar refractivity (Wildman–Crippen MR) is 96.9 cm³/mol. The van der Waals surface area contributed by atoms with Crippen molar-refractivity contribution in [3.63, 3.8) is 0 Å². The Morgan fingerprint density at radius 1 is 0.818 bits per heavy atom. The lowest BCUT2D eigenvalue weighted by Gasteiger charge is -2.16. The van der Waals surface area contributed by atoms with E-state index in [-0.39, 0.29) is 0 Å². The molecule has 2 aromatic carbocycles. The van der Waals surface area contributed by atoms with Gasteiger partial charge in [-0.3, -0.25) is 0 Å². The van der Waals surface area contributed by atoms with E-state index in [2.05, 4.69) is 69.7 Å². The fourth-order valence-electron chi connectivity index (χ4n) is 3.51. The minimum atomic E-state index is 1.08. The fraction of sp³-hybridized carbons (Fsp3) is 0.318. The molecule has 0 N–H and O–H groups in total. The van der Waals surface area contributed by atoms with Gasteiger partial charge in [0, 0.05) is 6.42 Å². The molecule has 0 saturated heterocycles. The van der Waals surface area contributed by atoms with Crippen molar-refractivity contribution in [2.45, 2.75) is 46.5 Å². The molecule has 22 heavy (non-hydrogen) atoms. The number of rotatable bonds is 5. The standard InChI is InChI=1S/C22H25/c1-4-9-16-14-19-13-12-18(6-3)22(21(19)15-16)20-11-8-7-10-17(20)5-2/h7-8,10-15H,4-6,9H2,1-3H3. The summed E-state index contributed by atoms with van der Waals surface area (Å²) in [5.74, 6) is 0. The topological polar surface area (TPSA) is 0 Å². The van der Waals surface area contributed by atoms with Crippen LogP contribution in [0.15, 0.2) is 42.0 Å². The molecule has 2 aromatic rings. The Bertz CT molecular complexity index is 704. The minimum absolute atomic E-state index is 1.08. The molecule has 0 saturated carbocycles. The van der Waals surface area contributed by atoms with Crippen LogP contribution in [0.3, 0.4) is 0 Å². The van der Waals surface area contributed by atoms with E-state index in [9.17, 15) is 0 Å². The van der Waals surface area contributed by atoms with Gasteiger partial charge in [-0.2, -0.15) is 0 Å². The van der Waals surface area contributed by atoms with Crippen LogP contribution in [0.25, 0.3) is 17.2 Å². The van der Waals surface area contributed by atoms with Gasteiger partial charge in [-0.25, -0.2) is 0 Å². The van der Waals surface area contributed by atoms with Crippen LogP contribution in [0, 0.1) is 6.42 Å². The summed E-state index contributed by atoms with van der Waals surface area (Å²) in [5.41, 5.74) is 10.1. The average molecular weight is 289 g/mol. The van der Waals surface area contributed by atoms with Crippen LogP contribution in [0.2, 0.25) is 0 Å². The maximum Gasteiger partial charge on any atom is 0.0164 e. The summed E-state index contributed by atoms with van der Waals surface area (Å²) in [4.78, 5) is 0. The number of benzene rings is 2. The Morgan fingerprint density at radius 2 is 1.59 bits per heavy atom. The first kappa shape index (κ1) is 15.1. The molecule has 113 valence electrons. The largest absolute Gasteiger partial charge is 0.0651 e. The third-order valence-corrected chi connectivity index (χ3v) is 4.62. The predicted octanol–water partition coefficient (Wildman–Crippen LogP) is 6.23. The van der Waals surface area contributed by atoms with Crippen molar-refractivity contribution in [3.05, 3.63) is 70.6 Å². The van der Waals surface area contributed by atoms with Gasteiger partial charge in [0.05, 0.1) is 0 Å². The van der Waals surface area contributed by atoms with E-state index in [1.54, 1.807) is 0 Å². The van der Waals surface area contributed by atoms with Crippen LogP contribution in [0.5, 0.6) is 0 Å². The van der Waals surface area contributed by atoms with E-state index in [0.29, 0.717) is 0 Å². The average Bonchev–Trinajstić information content (AvgIpc) is 2.96. The first-order chi connectivity index (χ1) is 10.8. The van der Waals surface area contributed by atoms with Crippen LogP contribution < -0.4 is 0 Å². The van der Waals surface area contributed by atoms with Gasteiger partial charge in [0.1, 0.15) is 0 Å². The van der Waals surface area contributed by atoms with Crippen molar-refractivity contribution < 1.29 is 0 Å². The Hall–Kier alpha value is -1.82. The highest BCUT2D eigenvalue weighted by Crippen LogP contribution is 2.40. The smallest absolute Gasteiger partial charge is 0.0164 e. The third kappa shape index (κ3) is 2.63. The van der Waals surface area contributed by atoms with Gasteiger partial charge in [-0.05, 0) is 52.6 Å². The molecular weight excluding hydrogens is 264 g/mol. The summed E-state index contributed by atoms with van der Waals surface area (Å²) in [7, 11) is 0. The van der Waals surface area contributed by atoms with Crippen LogP contribution in [-0.2, 0) is 12.8 Å². The van der Waals surface area contributed by atoms with Gasteiger partial charge in [0.25, 0.3) is 0 Å². The summed E-state index contributed by atoms with van der Waals surface area (Å²) < 4.78 is 0. The molecule has 1 radical (unpaired) electrons. The first-order valence-electron chi connectivity index (χ1n) is 8.57. The second-order valence-electron chi connectivity index (χ2n) is 6.08. The van der Waals surface area contributed by atoms with Gasteiger partial charge < -0.3 is 0 Å². The summed E-state index contributed by atoms with van der Waals surface area (Å²) in [6.45, 7) is 6.76. The molecule has 0 aliphatic heterocycles. The first-order valence-corrected chi connectivity index (χ1v) is 8.57. The molecule has 1 aliphatic carbocycles. The molecule has 1 aliphatic rings. The zero-order chi connectivity index (χ0) is 15.5. The molecule has 0 heteroatoms. The Balaban J connectivity index is 2.21. The van der Waals surface area contributed by atoms with Crippen LogP contribution in [0.4, 0.5) is 0 Å². The van der Waals surface area contributed by atoms with E-state index in [0.717, 1.165) is 12.8 Å². The van der Waals surface area contributed by atoms with Crippen molar-refractivity contribution in [1.82, 2.24) is 0 Å². The number of fused-ring (bicyclic) bond motifs is 1. The second kappa shape index (κ2) is 6.52. The summed E-state index contributed by atoms with van der Waals surface area (Å²) in [6.07, 6.45) is 9.33. The molecule has 3 rings (SSSR count). The minimum Gasteiger partial charge on any atom is -0.0651 e. The summed E-state index contributed by atoms with van der Waals surface area (Å²) >= 11 is 0. The van der Waals surface area contributed by atoms with Crippen molar-refractivity contribution in [3.8, 4) is 11.1 Å². The Morgan fingerprint density at radius 3 is 2.32 bits per heavy atom. The molecule has 0 atom stereocenters. The molecule has 0 bridgehead atoms. The normalized spacial score (nSPS) is 13.1. The third-order valence-electron chi connectivity index (χ3n) is 4.62. The van der Waals surface area contributed by atoms with Gasteiger partial charge in [-0.1, -0.05) is 75.2 Å². The highest BCUT2D eigenvalue weighted by Gasteiger charge is 2.20. The van der Waals surface area contributed by atoms with Crippen molar-refractivity contribution in [1.29, 1.82) is 0 Å². The second-order valence-corrected chi connectivity index (χ2v) is 6.08. The summed E-state index contributed by atoms with van der Waals surface area (Å²) in [6, 6.07) is 13.5. The molecule has 0 spiro atoms. The molecule has 0 nitrogen and oxygen atoms in total. The molecular formula is C22H25. The fourth-order valence-corrected chi connectivity index (χ4v) is 3.51. The maximum absolute atomic E-state index is 2.42. The van der Waals surface area contributed by atoms with E-state index < -0.39 is 0 Å². The van der Waals surface area contributed by atoms with Crippen LogP contribution in [0.1, 0.15) is 55.9 Å². The van der Waals surface area contributed by atoms with E-state index in [4.69, 9.17) is 0 Å². The number of hydrogen-bond acceptors (Lipinski definition) is 0. The number of hydrogen-bond donors (Lipinski definition) is 0. The molecule has 0 unspecified atom stereocenters.